The molecule has 0 heterocycles. The Morgan fingerprint density at radius 2 is 1.45 bits per heavy atom. The SMILES string of the molecule is COC(=O)Cc1ccc(CNC(=O)[C@@H](CCCN/C(N)=N\[N+](=O)[O-])NC(=O)C(c2ccccc2)c2ccccc2)cc1. The Kier molecular flexibility index (Phi) is 12.0. The maximum Gasteiger partial charge on any atom is 0.309 e. The van der Waals surface area contributed by atoms with Crippen LogP contribution in [-0.4, -0.2) is 48.5 Å². The first-order valence-electron chi connectivity index (χ1n) is 13.3. The second-order valence-corrected chi connectivity index (χ2v) is 9.39. The summed E-state index contributed by atoms with van der Waals surface area (Å²) >= 11 is 0. The summed E-state index contributed by atoms with van der Waals surface area (Å²) in [5.74, 6) is -2.09. The molecule has 1 atom stereocenters. The van der Waals surface area contributed by atoms with E-state index in [-0.39, 0.29) is 43.8 Å². The number of hydrazone groups is 1. The molecule has 0 bridgehead atoms. The Bertz CT molecular complexity index is 1330. The van der Waals surface area contributed by atoms with Crippen molar-refractivity contribution in [3.05, 3.63) is 117 Å². The highest BCUT2D eigenvalue weighted by molar-refractivity contribution is 5.92. The molecule has 12 heteroatoms. The zero-order chi connectivity index (χ0) is 30.3. The van der Waals surface area contributed by atoms with Gasteiger partial charge in [-0.1, -0.05) is 84.9 Å². The molecule has 0 saturated heterocycles. The predicted octanol–water partition coefficient (Wildman–Crippen LogP) is 2.21. The number of carbonyl (C=O) groups is 3. The minimum atomic E-state index is -0.909. The molecule has 5 N–H and O–H groups in total. The largest absolute Gasteiger partial charge is 0.469 e. The fraction of sp³-hybridized carbons (Fsp3) is 0.267. The lowest BCUT2D eigenvalue weighted by molar-refractivity contribution is -0.485. The molecule has 220 valence electrons. The van der Waals surface area contributed by atoms with Gasteiger partial charge in [0.05, 0.1) is 19.4 Å². The number of ether oxygens (including phenoxy) is 1. The summed E-state index contributed by atoms with van der Waals surface area (Å²) in [6.07, 6.45) is 0.729. The van der Waals surface area contributed by atoms with Crippen LogP contribution >= 0.6 is 0 Å². The van der Waals surface area contributed by atoms with Gasteiger partial charge in [0, 0.05) is 13.1 Å². The van der Waals surface area contributed by atoms with E-state index in [1.807, 2.05) is 60.7 Å². The van der Waals surface area contributed by atoms with Gasteiger partial charge in [-0.05, 0) is 35.1 Å². The van der Waals surface area contributed by atoms with Gasteiger partial charge in [0.15, 0.2) is 5.03 Å². The number of nitro groups is 1. The number of nitrogens with zero attached hydrogens (tertiary/aromatic N) is 2. The average molecular weight is 575 g/mol. The molecule has 0 saturated carbocycles. The van der Waals surface area contributed by atoms with E-state index < -0.39 is 22.9 Å². The van der Waals surface area contributed by atoms with Gasteiger partial charge < -0.3 is 26.4 Å². The van der Waals surface area contributed by atoms with Crippen molar-refractivity contribution < 1.29 is 24.2 Å². The number of rotatable bonds is 14. The molecular weight excluding hydrogens is 540 g/mol. The van der Waals surface area contributed by atoms with Crippen molar-refractivity contribution in [2.24, 2.45) is 10.8 Å². The van der Waals surface area contributed by atoms with Gasteiger partial charge in [-0.3, -0.25) is 14.4 Å². The van der Waals surface area contributed by atoms with Gasteiger partial charge in [-0.2, -0.15) is 0 Å². The average Bonchev–Trinajstić information content (AvgIpc) is 2.99. The first-order valence-corrected chi connectivity index (χ1v) is 13.3. The highest BCUT2D eigenvalue weighted by Crippen LogP contribution is 2.25. The lowest BCUT2D eigenvalue weighted by Crippen LogP contribution is -2.48. The maximum absolute atomic E-state index is 13.7. The molecule has 0 aliphatic rings. The molecule has 0 fully saturated rings. The van der Waals surface area contributed by atoms with Crippen molar-refractivity contribution in [3.8, 4) is 0 Å². The standard InChI is InChI=1S/C30H34N6O6/c1-42-26(37)19-21-14-16-22(17-15-21)20-33-28(38)25(13-8-18-32-30(31)35-36(40)41)34-29(39)27(23-9-4-2-5-10-23)24-11-6-3-7-12-24/h2-7,9-12,14-17,25,27H,8,13,18-20H2,1H3,(H,33,38)(H,34,39)(H3,31,32,35)/t25-/m1/s1. The molecule has 0 radical (unpaired) electrons. The molecule has 3 aromatic rings. The number of esters is 1. The lowest BCUT2D eigenvalue weighted by Gasteiger charge is -2.23. The first kappa shape index (κ1) is 31.3. The highest BCUT2D eigenvalue weighted by atomic mass is 16.7. The van der Waals surface area contributed by atoms with Gasteiger partial charge in [-0.25, -0.2) is 10.1 Å². The van der Waals surface area contributed by atoms with Gasteiger partial charge in [0.2, 0.25) is 11.8 Å². The number of benzene rings is 3. The zero-order valence-corrected chi connectivity index (χ0v) is 23.2. The van der Waals surface area contributed by atoms with E-state index in [1.165, 1.54) is 7.11 Å². The van der Waals surface area contributed by atoms with E-state index in [2.05, 4.69) is 25.8 Å². The monoisotopic (exact) mass is 574 g/mol. The Balaban J connectivity index is 1.73. The summed E-state index contributed by atoms with van der Waals surface area (Å²) in [5.41, 5.74) is 8.62. The van der Waals surface area contributed by atoms with E-state index in [0.29, 0.717) is 6.42 Å². The smallest absolute Gasteiger partial charge is 0.309 e. The van der Waals surface area contributed by atoms with Gasteiger partial charge in [0.25, 0.3) is 5.96 Å². The third kappa shape index (κ3) is 10.0. The van der Waals surface area contributed by atoms with E-state index in [9.17, 15) is 24.5 Å². The summed E-state index contributed by atoms with van der Waals surface area (Å²) < 4.78 is 4.69. The van der Waals surface area contributed by atoms with E-state index >= 15 is 0 Å². The van der Waals surface area contributed by atoms with Crippen LogP contribution in [0.1, 0.15) is 41.0 Å². The van der Waals surface area contributed by atoms with Crippen LogP contribution in [0.4, 0.5) is 0 Å². The number of hydrogen-bond donors (Lipinski definition) is 4. The number of nitrogens with one attached hydrogen (secondary N) is 3. The Labute approximate surface area is 243 Å². The Morgan fingerprint density at radius 3 is 2.00 bits per heavy atom. The molecule has 3 aromatic carbocycles. The van der Waals surface area contributed by atoms with Crippen molar-refractivity contribution in [1.82, 2.24) is 16.0 Å². The maximum atomic E-state index is 13.7. The van der Waals surface area contributed by atoms with Crippen molar-refractivity contribution >= 4 is 23.7 Å². The fourth-order valence-electron chi connectivity index (χ4n) is 4.28. The normalized spacial score (nSPS) is 11.8. The van der Waals surface area contributed by atoms with Crippen molar-refractivity contribution in [3.63, 3.8) is 0 Å². The molecular formula is C30H34N6O6. The molecule has 0 aliphatic carbocycles. The highest BCUT2D eigenvalue weighted by Gasteiger charge is 2.27. The minimum Gasteiger partial charge on any atom is -0.469 e. The van der Waals surface area contributed by atoms with Gasteiger partial charge >= 0.3 is 5.97 Å². The van der Waals surface area contributed by atoms with Crippen LogP contribution < -0.4 is 21.7 Å². The molecule has 12 nitrogen and oxygen atoms in total. The quantitative estimate of drug-likeness (QED) is 0.0565. The van der Waals surface area contributed by atoms with Crippen molar-refractivity contribution in [2.75, 3.05) is 13.7 Å². The fourth-order valence-corrected chi connectivity index (χ4v) is 4.28. The van der Waals surface area contributed by atoms with Crippen LogP contribution in [0.3, 0.4) is 0 Å². The molecule has 3 rings (SSSR count). The van der Waals surface area contributed by atoms with Crippen LogP contribution in [0.2, 0.25) is 0 Å². The van der Waals surface area contributed by atoms with Crippen LogP contribution in [0.5, 0.6) is 0 Å². The Hall–Kier alpha value is -5.26. The van der Waals surface area contributed by atoms with Crippen LogP contribution in [-0.2, 0) is 32.1 Å². The van der Waals surface area contributed by atoms with Crippen LogP contribution in [0.15, 0.2) is 90.0 Å². The van der Waals surface area contributed by atoms with Crippen LogP contribution in [0, 0.1) is 10.1 Å². The summed E-state index contributed by atoms with van der Waals surface area (Å²) in [6.45, 7) is 0.399. The summed E-state index contributed by atoms with van der Waals surface area (Å²) in [5, 5.41) is 21.0. The van der Waals surface area contributed by atoms with E-state index in [4.69, 9.17) is 5.73 Å². The lowest BCUT2D eigenvalue weighted by atomic mass is 9.90. The minimum absolute atomic E-state index is 0.145. The topological polar surface area (TPSA) is 178 Å². The zero-order valence-electron chi connectivity index (χ0n) is 23.2. The second kappa shape index (κ2) is 16.1. The molecule has 0 aliphatic heterocycles. The van der Waals surface area contributed by atoms with Crippen molar-refractivity contribution in [2.45, 2.75) is 37.8 Å². The summed E-state index contributed by atoms with van der Waals surface area (Å²) in [7, 11) is 1.33. The van der Waals surface area contributed by atoms with Crippen LogP contribution in [0.25, 0.3) is 0 Å². The molecule has 42 heavy (non-hydrogen) atoms. The first-order chi connectivity index (χ1) is 20.3. The van der Waals surface area contributed by atoms with Gasteiger partial charge in [-0.15, -0.1) is 0 Å². The number of methoxy groups -OCH3 is 1. The predicted molar refractivity (Wildman–Crippen MR) is 157 cm³/mol. The number of carbonyl (C=O) groups excluding carboxylic acids is 3. The van der Waals surface area contributed by atoms with Gasteiger partial charge in [0.1, 0.15) is 11.1 Å². The number of guanidine groups is 1. The van der Waals surface area contributed by atoms with E-state index in [0.717, 1.165) is 22.3 Å². The molecule has 2 amide bonds. The summed E-state index contributed by atoms with van der Waals surface area (Å²) in [6, 6.07) is 24.8. The third-order valence-electron chi connectivity index (χ3n) is 6.39. The van der Waals surface area contributed by atoms with E-state index in [1.54, 1.807) is 24.3 Å². The number of hydrogen-bond acceptors (Lipinski definition) is 6. The molecule has 0 spiro atoms. The Morgan fingerprint density at radius 1 is 0.881 bits per heavy atom. The molecule has 0 unspecified atom stereocenters. The summed E-state index contributed by atoms with van der Waals surface area (Å²) in [4.78, 5) is 49.0. The van der Waals surface area contributed by atoms with Crippen molar-refractivity contribution in [1.29, 1.82) is 0 Å². The number of nitrogens with two attached hydrogens (primary N) is 1. The number of amides is 2. The second-order valence-electron chi connectivity index (χ2n) is 9.39. The third-order valence-corrected chi connectivity index (χ3v) is 6.39. The molecule has 0 aromatic heterocycles.